The van der Waals surface area contributed by atoms with Gasteiger partial charge in [-0.2, -0.15) is 0 Å². The average molecular weight is 261 g/mol. The van der Waals surface area contributed by atoms with E-state index in [9.17, 15) is 9.90 Å². The van der Waals surface area contributed by atoms with Crippen molar-refractivity contribution in [3.05, 3.63) is 29.3 Å². The molecule has 1 aromatic rings. The van der Waals surface area contributed by atoms with Crippen molar-refractivity contribution in [2.45, 2.75) is 46.1 Å². The molecule has 1 aliphatic carbocycles. The summed E-state index contributed by atoms with van der Waals surface area (Å²) in [4.78, 5) is 12.2. The van der Waals surface area contributed by atoms with Gasteiger partial charge in [-0.3, -0.25) is 4.79 Å². The molecular formula is C16H23NO2. The average Bonchev–Trinajstić information content (AvgIpc) is 2.73. The zero-order chi connectivity index (χ0) is 14.0. The number of amides is 1. The molecule has 0 radical (unpaired) electrons. The molecule has 0 saturated heterocycles. The van der Waals surface area contributed by atoms with E-state index in [2.05, 4.69) is 19.2 Å². The van der Waals surface area contributed by atoms with E-state index in [1.54, 1.807) is 25.1 Å². The zero-order valence-corrected chi connectivity index (χ0v) is 11.9. The Kier molecular flexibility index (Phi) is 4.13. The van der Waals surface area contributed by atoms with E-state index < -0.39 is 0 Å². The molecule has 0 aliphatic heterocycles. The summed E-state index contributed by atoms with van der Waals surface area (Å²) in [6.45, 7) is 6.25. The van der Waals surface area contributed by atoms with Crippen molar-refractivity contribution < 1.29 is 9.90 Å². The second kappa shape index (κ2) is 5.64. The number of phenolic OH excluding ortho intramolecular Hbond substituents is 1. The van der Waals surface area contributed by atoms with Crippen LogP contribution < -0.4 is 5.32 Å². The van der Waals surface area contributed by atoms with Gasteiger partial charge in [0, 0.05) is 11.6 Å². The highest BCUT2D eigenvalue weighted by Crippen LogP contribution is 2.34. The molecule has 3 nitrogen and oxygen atoms in total. The fourth-order valence-electron chi connectivity index (χ4n) is 3.08. The van der Waals surface area contributed by atoms with Crippen molar-refractivity contribution >= 4 is 5.91 Å². The molecule has 1 fully saturated rings. The summed E-state index contributed by atoms with van der Waals surface area (Å²) in [6.07, 6.45) is 3.46. The van der Waals surface area contributed by atoms with Crippen molar-refractivity contribution in [3.8, 4) is 5.75 Å². The predicted octanol–water partition coefficient (Wildman–Crippen LogP) is 3.26. The monoisotopic (exact) mass is 261 g/mol. The third-order valence-corrected chi connectivity index (χ3v) is 4.53. The molecule has 3 atom stereocenters. The van der Waals surface area contributed by atoms with Gasteiger partial charge in [0.1, 0.15) is 5.75 Å². The summed E-state index contributed by atoms with van der Waals surface area (Å²) in [5, 5.41) is 12.6. The van der Waals surface area contributed by atoms with E-state index in [1.807, 2.05) is 0 Å². The molecule has 2 N–H and O–H groups in total. The van der Waals surface area contributed by atoms with Crippen LogP contribution >= 0.6 is 0 Å². The molecule has 1 aromatic carbocycles. The highest BCUT2D eigenvalue weighted by molar-refractivity contribution is 5.94. The van der Waals surface area contributed by atoms with Crippen LogP contribution in [-0.4, -0.2) is 17.1 Å². The molecule has 1 aliphatic rings. The number of phenols is 1. The Balaban J connectivity index is 2.03. The van der Waals surface area contributed by atoms with E-state index in [0.29, 0.717) is 11.5 Å². The highest BCUT2D eigenvalue weighted by atomic mass is 16.3. The molecule has 0 aromatic heterocycles. The lowest BCUT2D eigenvalue weighted by molar-refractivity contribution is 0.0926. The van der Waals surface area contributed by atoms with Crippen molar-refractivity contribution in [2.24, 2.45) is 11.8 Å². The zero-order valence-electron chi connectivity index (χ0n) is 11.9. The highest BCUT2D eigenvalue weighted by Gasteiger charge is 2.32. The summed E-state index contributed by atoms with van der Waals surface area (Å²) in [5.74, 6) is 1.48. The van der Waals surface area contributed by atoms with Crippen LogP contribution in [0.15, 0.2) is 18.2 Å². The second-order valence-electron chi connectivity index (χ2n) is 5.69. The Morgan fingerprint density at radius 1 is 1.42 bits per heavy atom. The molecule has 0 heterocycles. The smallest absolute Gasteiger partial charge is 0.251 e. The fourth-order valence-corrected chi connectivity index (χ4v) is 3.08. The summed E-state index contributed by atoms with van der Waals surface area (Å²) in [7, 11) is 0. The third kappa shape index (κ3) is 2.91. The Labute approximate surface area is 115 Å². The maximum absolute atomic E-state index is 12.2. The van der Waals surface area contributed by atoms with Crippen molar-refractivity contribution in [1.29, 1.82) is 0 Å². The van der Waals surface area contributed by atoms with Crippen molar-refractivity contribution in [1.82, 2.24) is 5.32 Å². The predicted molar refractivity (Wildman–Crippen MR) is 76.3 cm³/mol. The maximum atomic E-state index is 12.2. The van der Waals surface area contributed by atoms with Gasteiger partial charge in [-0.25, -0.2) is 0 Å². The molecule has 1 amide bonds. The minimum atomic E-state index is -0.0308. The molecule has 0 bridgehead atoms. The molecule has 104 valence electrons. The third-order valence-electron chi connectivity index (χ3n) is 4.53. The van der Waals surface area contributed by atoms with Crippen LogP contribution in [0.5, 0.6) is 5.75 Å². The number of nitrogens with one attached hydrogen (secondary N) is 1. The number of hydrogen-bond acceptors (Lipinski definition) is 2. The lowest BCUT2D eigenvalue weighted by atomic mass is 9.93. The van der Waals surface area contributed by atoms with Crippen LogP contribution in [0, 0.1) is 18.8 Å². The lowest BCUT2D eigenvalue weighted by Gasteiger charge is -2.21. The maximum Gasteiger partial charge on any atom is 0.251 e. The number of carbonyl (C=O) groups is 1. The van der Waals surface area contributed by atoms with E-state index in [-0.39, 0.29) is 17.7 Å². The van der Waals surface area contributed by atoms with Gasteiger partial charge < -0.3 is 10.4 Å². The summed E-state index contributed by atoms with van der Waals surface area (Å²) >= 11 is 0. The van der Waals surface area contributed by atoms with Crippen molar-refractivity contribution in [2.75, 3.05) is 0 Å². The standard InChI is InChI=1S/C16H23NO2/c1-4-12-5-7-14(11(12)3)17-16(19)13-6-8-15(18)10(2)9-13/h6,8-9,11-12,14,18H,4-5,7H2,1-3H3,(H,17,19). The number of hydrogen-bond donors (Lipinski definition) is 2. The van der Waals surface area contributed by atoms with Crippen LogP contribution in [0.4, 0.5) is 0 Å². The van der Waals surface area contributed by atoms with Gasteiger partial charge in [-0.1, -0.05) is 20.3 Å². The first kappa shape index (κ1) is 13.9. The molecule has 19 heavy (non-hydrogen) atoms. The normalized spacial score (nSPS) is 26.4. The minimum absolute atomic E-state index is 0.0308. The molecule has 3 heteroatoms. The first-order chi connectivity index (χ1) is 9.02. The number of benzene rings is 1. The number of aromatic hydroxyl groups is 1. The molecule has 2 rings (SSSR count). The summed E-state index contributed by atoms with van der Waals surface area (Å²) in [5.41, 5.74) is 1.36. The molecule has 3 unspecified atom stereocenters. The van der Waals surface area contributed by atoms with E-state index in [0.717, 1.165) is 17.9 Å². The van der Waals surface area contributed by atoms with Gasteiger partial charge in [0.25, 0.3) is 5.91 Å². The quantitative estimate of drug-likeness (QED) is 0.877. The van der Waals surface area contributed by atoms with Gasteiger partial charge in [0.05, 0.1) is 0 Å². The molecular weight excluding hydrogens is 238 g/mol. The van der Waals surface area contributed by atoms with Gasteiger partial charge in [0.15, 0.2) is 0 Å². The van der Waals surface area contributed by atoms with Crippen molar-refractivity contribution in [3.63, 3.8) is 0 Å². The van der Waals surface area contributed by atoms with Crippen LogP contribution in [0.25, 0.3) is 0 Å². The summed E-state index contributed by atoms with van der Waals surface area (Å²) < 4.78 is 0. The number of rotatable bonds is 3. The first-order valence-electron chi connectivity index (χ1n) is 7.13. The fraction of sp³-hybridized carbons (Fsp3) is 0.562. The Morgan fingerprint density at radius 2 is 2.16 bits per heavy atom. The van der Waals surface area contributed by atoms with Crippen LogP contribution in [0.1, 0.15) is 49.0 Å². The Bertz CT molecular complexity index is 470. The van der Waals surface area contributed by atoms with Crippen LogP contribution in [-0.2, 0) is 0 Å². The first-order valence-corrected chi connectivity index (χ1v) is 7.13. The Hall–Kier alpha value is -1.51. The van der Waals surface area contributed by atoms with Gasteiger partial charge in [-0.15, -0.1) is 0 Å². The van der Waals surface area contributed by atoms with Gasteiger partial charge >= 0.3 is 0 Å². The number of carbonyl (C=O) groups excluding carboxylic acids is 1. The lowest BCUT2D eigenvalue weighted by Crippen LogP contribution is -2.37. The van der Waals surface area contributed by atoms with E-state index in [4.69, 9.17) is 0 Å². The van der Waals surface area contributed by atoms with E-state index in [1.165, 1.54) is 12.8 Å². The second-order valence-corrected chi connectivity index (χ2v) is 5.69. The molecule has 0 spiro atoms. The topological polar surface area (TPSA) is 49.3 Å². The minimum Gasteiger partial charge on any atom is -0.508 e. The van der Waals surface area contributed by atoms with Gasteiger partial charge in [-0.05, 0) is 55.4 Å². The van der Waals surface area contributed by atoms with Crippen LogP contribution in [0.3, 0.4) is 0 Å². The largest absolute Gasteiger partial charge is 0.508 e. The number of aryl methyl sites for hydroxylation is 1. The van der Waals surface area contributed by atoms with Gasteiger partial charge in [0.2, 0.25) is 0 Å². The van der Waals surface area contributed by atoms with E-state index >= 15 is 0 Å². The summed E-state index contributed by atoms with van der Waals surface area (Å²) in [6, 6.07) is 5.28. The Morgan fingerprint density at radius 3 is 2.74 bits per heavy atom. The molecule has 1 saturated carbocycles. The SMILES string of the molecule is CCC1CCC(NC(=O)c2ccc(O)c(C)c2)C1C. The van der Waals surface area contributed by atoms with Crippen LogP contribution in [0.2, 0.25) is 0 Å².